The van der Waals surface area contributed by atoms with Gasteiger partial charge in [-0.15, -0.1) is 24.0 Å². The molecular formula is C19H32IN3O2. The molecule has 142 valence electrons. The van der Waals surface area contributed by atoms with E-state index in [2.05, 4.69) is 41.6 Å². The maximum absolute atomic E-state index is 5.71. The Morgan fingerprint density at radius 2 is 2.04 bits per heavy atom. The Bertz CT molecular complexity index is 500. The Kier molecular flexibility index (Phi) is 10.9. The summed E-state index contributed by atoms with van der Waals surface area (Å²) in [5.74, 6) is 2.32. The SMILES string of the molecule is CN=C(NCCc1ccc(OCC(C)C)cc1)NCC1CCCO1.I. The number of halogens is 1. The van der Waals surface area contributed by atoms with Crippen LogP contribution in [0.1, 0.15) is 32.3 Å². The molecule has 2 N–H and O–H groups in total. The van der Waals surface area contributed by atoms with Crippen LogP contribution < -0.4 is 15.4 Å². The van der Waals surface area contributed by atoms with Crippen LogP contribution >= 0.6 is 24.0 Å². The lowest BCUT2D eigenvalue weighted by molar-refractivity contribution is 0.114. The second-order valence-electron chi connectivity index (χ2n) is 6.61. The highest BCUT2D eigenvalue weighted by Gasteiger charge is 2.15. The summed E-state index contributed by atoms with van der Waals surface area (Å²) < 4.78 is 11.3. The summed E-state index contributed by atoms with van der Waals surface area (Å²) in [6, 6.07) is 8.34. The lowest BCUT2D eigenvalue weighted by atomic mass is 10.1. The zero-order valence-corrected chi connectivity index (χ0v) is 17.9. The van der Waals surface area contributed by atoms with Crippen molar-refractivity contribution in [2.75, 3.05) is 33.4 Å². The van der Waals surface area contributed by atoms with E-state index in [1.54, 1.807) is 7.05 Å². The molecule has 1 aromatic carbocycles. The van der Waals surface area contributed by atoms with Gasteiger partial charge in [-0.1, -0.05) is 26.0 Å². The number of nitrogens with zero attached hydrogens (tertiary/aromatic N) is 1. The van der Waals surface area contributed by atoms with E-state index in [-0.39, 0.29) is 24.0 Å². The first-order chi connectivity index (χ1) is 11.7. The fraction of sp³-hybridized carbons (Fsp3) is 0.632. The molecule has 1 fully saturated rings. The molecule has 1 heterocycles. The summed E-state index contributed by atoms with van der Waals surface area (Å²) in [5.41, 5.74) is 1.29. The topological polar surface area (TPSA) is 54.9 Å². The molecule has 1 unspecified atom stereocenters. The van der Waals surface area contributed by atoms with Gasteiger partial charge < -0.3 is 20.1 Å². The summed E-state index contributed by atoms with van der Waals surface area (Å²) in [4.78, 5) is 4.25. The molecule has 0 aliphatic carbocycles. The predicted octanol–water partition coefficient (Wildman–Crippen LogP) is 3.23. The summed E-state index contributed by atoms with van der Waals surface area (Å²) in [7, 11) is 1.80. The Balaban J connectivity index is 0.00000312. The monoisotopic (exact) mass is 461 g/mol. The van der Waals surface area contributed by atoms with E-state index in [4.69, 9.17) is 9.47 Å². The third kappa shape index (κ3) is 8.76. The third-order valence-corrected chi connectivity index (χ3v) is 3.96. The standard InChI is InChI=1S/C19H31N3O2.HI/c1-15(2)14-24-17-8-6-16(7-9-17)10-11-21-19(20-3)22-13-18-5-4-12-23-18;/h6-9,15,18H,4-5,10-14H2,1-3H3,(H2,20,21,22);1H. The van der Waals surface area contributed by atoms with Gasteiger partial charge in [0.25, 0.3) is 0 Å². The smallest absolute Gasteiger partial charge is 0.191 e. The zero-order valence-electron chi connectivity index (χ0n) is 15.6. The Labute approximate surface area is 169 Å². The van der Waals surface area contributed by atoms with Crippen molar-refractivity contribution in [3.8, 4) is 5.75 Å². The number of hydrogen-bond donors (Lipinski definition) is 2. The van der Waals surface area contributed by atoms with Crippen LogP contribution in [-0.4, -0.2) is 45.4 Å². The molecule has 25 heavy (non-hydrogen) atoms. The predicted molar refractivity (Wildman–Crippen MR) is 114 cm³/mol. The minimum Gasteiger partial charge on any atom is -0.493 e. The number of benzene rings is 1. The number of nitrogens with one attached hydrogen (secondary N) is 2. The van der Waals surface area contributed by atoms with Gasteiger partial charge in [-0.3, -0.25) is 4.99 Å². The average Bonchev–Trinajstić information content (AvgIpc) is 3.10. The van der Waals surface area contributed by atoms with E-state index in [9.17, 15) is 0 Å². The molecule has 0 saturated carbocycles. The van der Waals surface area contributed by atoms with Gasteiger partial charge in [0.15, 0.2) is 5.96 Å². The van der Waals surface area contributed by atoms with Crippen molar-refractivity contribution >= 4 is 29.9 Å². The molecular weight excluding hydrogens is 429 g/mol. The highest BCUT2D eigenvalue weighted by molar-refractivity contribution is 14.0. The van der Waals surface area contributed by atoms with Crippen LogP contribution in [0.2, 0.25) is 0 Å². The van der Waals surface area contributed by atoms with Gasteiger partial charge in [0.05, 0.1) is 12.7 Å². The third-order valence-electron chi connectivity index (χ3n) is 3.96. The molecule has 2 rings (SSSR count). The molecule has 1 aliphatic rings. The fourth-order valence-electron chi connectivity index (χ4n) is 2.58. The second-order valence-corrected chi connectivity index (χ2v) is 6.61. The Morgan fingerprint density at radius 3 is 2.64 bits per heavy atom. The number of ether oxygens (including phenoxy) is 2. The highest BCUT2D eigenvalue weighted by atomic mass is 127. The van der Waals surface area contributed by atoms with Gasteiger partial charge in [-0.25, -0.2) is 0 Å². The van der Waals surface area contributed by atoms with Crippen molar-refractivity contribution < 1.29 is 9.47 Å². The number of guanidine groups is 1. The van der Waals surface area contributed by atoms with Gasteiger partial charge in [0, 0.05) is 26.7 Å². The van der Waals surface area contributed by atoms with Crippen LogP contribution in [0.25, 0.3) is 0 Å². The van der Waals surface area contributed by atoms with Crippen LogP contribution in [0.15, 0.2) is 29.3 Å². The molecule has 1 saturated heterocycles. The Morgan fingerprint density at radius 1 is 1.28 bits per heavy atom. The van der Waals surface area contributed by atoms with Crippen molar-refractivity contribution in [3.05, 3.63) is 29.8 Å². The molecule has 6 heteroatoms. The first-order valence-corrected chi connectivity index (χ1v) is 8.95. The number of rotatable bonds is 8. The number of hydrogen-bond acceptors (Lipinski definition) is 3. The minimum atomic E-state index is 0. The van der Waals surface area contributed by atoms with Crippen molar-refractivity contribution in [2.45, 2.75) is 39.2 Å². The Hall–Kier alpha value is -1.02. The van der Waals surface area contributed by atoms with E-state index >= 15 is 0 Å². The van der Waals surface area contributed by atoms with E-state index in [1.807, 2.05) is 12.1 Å². The van der Waals surface area contributed by atoms with Crippen LogP contribution in [0.3, 0.4) is 0 Å². The van der Waals surface area contributed by atoms with Crippen LogP contribution in [0.5, 0.6) is 5.75 Å². The molecule has 1 atom stereocenters. The van der Waals surface area contributed by atoms with Crippen molar-refractivity contribution in [1.82, 2.24) is 10.6 Å². The normalized spacial score (nSPS) is 17.3. The lowest BCUT2D eigenvalue weighted by Crippen LogP contribution is -2.41. The van der Waals surface area contributed by atoms with Gasteiger partial charge >= 0.3 is 0 Å². The summed E-state index contributed by atoms with van der Waals surface area (Å²) in [5, 5.41) is 6.68. The largest absolute Gasteiger partial charge is 0.493 e. The van der Waals surface area contributed by atoms with Gasteiger partial charge in [-0.05, 0) is 42.9 Å². The molecule has 0 aromatic heterocycles. The van der Waals surface area contributed by atoms with E-state index in [0.717, 1.165) is 57.3 Å². The molecule has 0 amide bonds. The van der Waals surface area contributed by atoms with Gasteiger partial charge in [-0.2, -0.15) is 0 Å². The lowest BCUT2D eigenvalue weighted by Gasteiger charge is -2.15. The average molecular weight is 461 g/mol. The molecule has 1 aromatic rings. The molecule has 0 bridgehead atoms. The first-order valence-electron chi connectivity index (χ1n) is 8.95. The van der Waals surface area contributed by atoms with Crippen molar-refractivity contribution in [1.29, 1.82) is 0 Å². The van der Waals surface area contributed by atoms with Crippen LogP contribution in [0, 0.1) is 5.92 Å². The number of aliphatic imine (C=N–C) groups is 1. The molecule has 5 nitrogen and oxygen atoms in total. The molecule has 0 spiro atoms. The van der Waals surface area contributed by atoms with Crippen molar-refractivity contribution in [3.63, 3.8) is 0 Å². The van der Waals surface area contributed by atoms with E-state index in [1.165, 1.54) is 5.56 Å². The van der Waals surface area contributed by atoms with Crippen LogP contribution in [0.4, 0.5) is 0 Å². The zero-order chi connectivity index (χ0) is 17.2. The van der Waals surface area contributed by atoms with E-state index < -0.39 is 0 Å². The highest BCUT2D eigenvalue weighted by Crippen LogP contribution is 2.13. The van der Waals surface area contributed by atoms with Gasteiger partial charge in [0.1, 0.15) is 5.75 Å². The quantitative estimate of drug-likeness (QED) is 0.355. The fourth-order valence-corrected chi connectivity index (χ4v) is 2.58. The van der Waals surface area contributed by atoms with Crippen LogP contribution in [-0.2, 0) is 11.2 Å². The maximum atomic E-state index is 5.71. The second kappa shape index (κ2) is 12.4. The molecule has 0 radical (unpaired) electrons. The summed E-state index contributed by atoms with van der Waals surface area (Å²) >= 11 is 0. The molecule has 1 aliphatic heterocycles. The summed E-state index contributed by atoms with van der Waals surface area (Å²) in [6.45, 7) is 7.61. The van der Waals surface area contributed by atoms with Gasteiger partial charge in [0.2, 0.25) is 0 Å². The maximum Gasteiger partial charge on any atom is 0.191 e. The summed E-state index contributed by atoms with van der Waals surface area (Å²) in [6.07, 6.45) is 3.57. The van der Waals surface area contributed by atoms with Crippen molar-refractivity contribution in [2.24, 2.45) is 10.9 Å². The minimum absolute atomic E-state index is 0. The van der Waals surface area contributed by atoms with E-state index in [0.29, 0.717) is 12.0 Å². The first kappa shape index (κ1) is 22.0.